The highest BCUT2D eigenvalue weighted by atomic mass is 32.2. The zero-order chi connectivity index (χ0) is 26.0. The van der Waals surface area contributed by atoms with Crippen molar-refractivity contribution in [3.63, 3.8) is 0 Å². The van der Waals surface area contributed by atoms with Crippen LogP contribution in [-0.2, 0) is 11.2 Å². The molecular formula is C29H29N5O3S. The topological polar surface area (TPSA) is 88.6 Å². The molecule has 1 fully saturated rings. The Balaban J connectivity index is 1.16. The molecule has 1 aliphatic heterocycles. The maximum atomic E-state index is 12.9. The van der Waals surface area contributed by atoms with Crippen LogP contribution in [0.25, 0.3) is 11.3 Å². The lowest BCUT2D eigenvalue weighted by Gasteiger charge is -2.24. The number of morpholine rings is 1. The molecule has 5 rings (SSSR count). The van der Waals surface area contributed by atoms with Gasteiger partial charge in [0.05, 0.1) is 37.9 Å². The normalized spacial score (nSPS) is 13.6. The Labute approximate surface area is 226 Å². The summed E-state index contributed by atoms with van der Waals surface area (Å²) in [7, 11) is 0. The molecule has 38 heavy (non-hydrogen) atoms. The van der Waals surface area contributed by atoms with Gasteiger partial charge in [0.1, 0.15) is 5.75 Å². The molecule has 0 spiro atoms. The summed E-state index contributed by atoms with van der Waals surface area (Å²) in [4.78, 5) is 21.9. The van der Waals surface area contributed by atoms with E-state index in [1.54, 1.807) is 18.5 Å². The first-order valence-electron chi connectivity index (χ1n) is 12.5. The average molecular weight is 528 g/mol. The van der Waals surface area contributed by atoms with E-state index >= 15 is 0 Å². The minimum atomic E-state index is -0.199. The number of rotatable bonds is 10. The van der Waals surface area contributed by atoms with E-state index in [4.69, 9.17) is 9.47 Å². The van der Waals surface area contributed by atoms with Gasteiger partial charge in [-0.2, -0.15) is 0 Å². The summed E-state index contributed by atoms with van der Waals surface area (Å²) in [5, 5.41) is 2.95. The van der Waals surface area contributed by atoms with E-state index in [-0.39, 0.29) is 5.91 Å². The van der Waals surface area contributed by atoms with Crippen molar-refractivity contribution < 1.29 is 14.3 Å². The molecule has 4 aromatic rings. The number of nitrogens with one attached hydrogen (secondary N) is 2. The van der Waals surface area contributed by atoms with Gasteiger partial charge in [-0.05, 0) is 42.0 Å². The maximum absolute atomic E-state index is 12.9. The van der Waals surface area contributed by atoms with E-state index in [1.807, 2.05) is 60.7 Å². The number of carbonyl (C=O) groups excluding carboxylic acids is 1. The third-order valence-corrected chi connectivity index (χ3v) is 6.84. The van der Waals surface area contributed by atoms with Crippen LogP contribution in [0.5, 0.6) is 5.75 Å². The third-order valence-electron chi connectivity index (χ3n) is 5.92. The molecule has 1 saturated heterocycles. The molecule has 1 aromatic heterocycles. The smallest absolute Gasteiger partial charge is 0.255 e. The number of hydrogen-bond donors (Lipinski definition) is 2. The van der Waals surface area contributed by atoms with Gasteiger partial charge in [0.15, 0.2) is 5.82 Å². The molecule has 3 aromatic carbocycles. The Morgan fingerprint density at radius 3 is 2.61 bits per heavy atom. The largest absolute Gasteiger partial charge is 0.493 e. The number of hydrogen-bond acceptors (Lipinski definition) is 8. The second-order valence-corrected chi connectivity index (χ2v) is 9.57. The van der Waals surface area contributed by atoms with E-state index < -0.39 is 0 Å². The molecule has 0 unspecified atom stereocenters. The van der Waals surface area contributed by atoms with Crippen molar-refractivity contribution in [2.24, 2.45) is 0 Å². The minimum Gasteiger partial charge on any atom is -0.493 e. The lowest BCUT2D eigenvalue weighted by molar-refractivity contribution is 0.0775. The van der Waals surface area contributed by atoms with Crippen molar-refractivity contribution in [2.45, 2.75) is 6.42 Å². The van der Waals surface area contributed by atoms with Crippen LogP contribution in [0, 0.1) is 0 Å². The Bertz CT molecular complexity index is 1330. The minimum absolute atomic E-state index is 0.199. The lowest BCUT2D eigenvalue weighted by atomic mass is 10.1. The fraction of sp³-hybridized carbons (Fsp3) is 0.207. The molecule has 1 aliphatic rings. The molecule has 0 atom stereocenters. The maximum Gasteiger partial charge on any atom is 0.255 e. The van der Waals surface area contributed by atoms with Crippen LogP contribution < -0.4 is 14.8 Å². The fourth-order valence-electron chi connectivity index (χ4n) is 3.89. The van der Waals surface area contributed by atoms with Crippen molar-refractivity contribution in [2.75, 3.05) is 42.9 Å². The number of benzene rings is 3. The highest BCUT2D eigenvalue weighted by Gasteiger charge is 2.12. The van der Waals surface area contributed by atoms with E-state index in [2.05, 4.69) is 36.4 Å². The molecule has 0 bridgehead atoms. The summed E-state index contributed by atoms with van der Waals surface area (Å²) < 4.78 is 16.7. The van der Waals surface area contributed by atoms with Crippen LogP contribution in [0.15, 0.2) is 91.3 Å². The summed E-state index contributed by atoms with van der Waals surface area (Å²) in [6.07, 6.45) is 4.21. The molecule has 0 aliphatic carbocycles. The van der Waals surface area contributed by atoms with E-state index in [0.717, 1.165) is 44.0 Å². The average Bonchev–Trinajstić information content (AvgIpc) is 2.98. The SMILES string of the molecule is O=C(Nc1ccc(OCCc2ccccc2)cc1)c1cccc(-c2cncc(NSN3CCOCC3)n2)c1. The van der Waals surface area contributed by atoms with Crippen LogP contribution in [0.2, 0.25) is 0 Å². The Kier molecular flexibility index (Phi) is 8.83. The molecule has 8 nitrogen and oxygen atoms in total. The Hall–Kier alpha value is -3.92. The molecule has 2 heterocycles. The third kappa shape index (κ3) is 7.32. The van der Waals surface area contributed by atoms with Crippen molar-refractivity contribution in [1.29, 1.82) is 0 Å². The van der Waals surface area contributed by atoms with Gasteiger partial charge in [0, 0.05) is 48.5 Å². The summed E-state index contributed by atoms with van der Waals surface area (Å²) >= 11 is 1.50. The number of anilines is 2. The highest BCUT2D eigenvalue weighted by molar-refractivity contribution is 7.98. The predicted octanol–water partition coefficient (Wildman–Crippen LogP) is 5.32. The summed E-state index contributed by atoms with van der Waals surface area (Å²) in [6.45, 7) is 3.75. The van der Waals surface area contributed by atoms with Crippen molar-refractivity contribution in [3.05, 3.63) is 102 Å². The van der Waals surface area contributed by atoms with Gasteiger partial charge in [-0.3, -0.25) is 14.5 Å². The summed E-state index contributed by atoms with van der Waals surface area (Å²) in [5.41, 5.74) is 3.96. The van der Waals surface area contributed by atoms with E-state index in [9.17, 15) is 4.79 Å². The zero-order valence-electron chi connectivity index (χ0n) is 20.9. The second kappa shape index (κ2) is 13.0. The Morgan fingerprint density at radius 1 is 0.974 bits per heavy atom. The van der Waals surface area contributed by atoms with Gasteiger partial charge in [0.25, 0.3) is 5.91 Å². The van der Waals surface area contributed by atoms with Gasteiger partial charge in [-0.25, -0.2) is 9.29 Å². The number of aromatic nitrogens is 2. The monoisotopic (exact) mass is 527 g/mol. The molecule has 194 valence electrons. The van der Waals surface area contributed by atoms with Crippen LogP contribution in [0.3, 0.4) is 0 Å². The first-order valence-corrected chi connectivity index (χ1v) is 13.3. The second-order valence-electron chi connectivity index (χ2n) is 8.67. The summed E-state index contributed by atoms with van der Waals surface area (Å²) in [5.74, 6) is 1.22. The van der Waals surface area contributed by atoms with Crippen LogP contribution in [0.1, 0.15) is 15.9 Å². The molecule has 1 amide bonds. The van der Waals surface area contributed by atoms with Crippen LogP contribution in [0.4, 0.5) is 11.5 Å². The van der Waals surface area contributed by atoms with Crippen molar-refractivity contribution in [1.82, 2.24) is 14.3 Å². The van der Waals surface area contributed by atoms with Gasteiger partial charge >= 0.3 is 0 Å². The highest BCUT2D eigenvalue weighted by Crippen LogP contribution is 2.22. The number of nitrogens with zero attached hydrogens (tertiary/aromatic N) is 3. The molecular weight excluding hydrogens is 498 g/mol. The molecule has 2 N–H and O–H groups in total. The van der Waals surface area contributed by atoms with E-state index in [1.165, 1.54) is 17.7 Å². The van der Waals surface area contributed by atoms with Gasteiger partial charge in [0.2, 0.25) is 0 Å². The van der Waals surface area contributed by atoms with Gasteiger partial charge in [-0.15, -0.1) is 0 Å². The number of amides is 1. The zero-order valence-corrected chi connectivity index (χ0v) is 21.7. The van der Waals surface area contributed by atoms with Gasteiger partial charge < -0.3 is 14.8 Å². The fourth-order valence-corrected chi connectivity index (χ4v) is 4.54. The first-order chi connectivity index (χ1) is 18.7. The van der Waals surface area contributed by atoms with Crippen molar-refractivity contribution in [3.8, 4) is 17.0 Å². The standard InChI is InChI=1S/C29H29N5O3S/c35-29(31-25-9-11-26(12-10-25)37-16-13-22-5-2-1-3-6-22)24-8-4-7-23(19-24)27-20-30-21-28(32-27)33-38-34-14-17-36-18-15-34/h1-12,19-21H,13-18H2,(H,31,35)(H,32,33). The van der Waals surface area contributed by atoms with Crippen molar-refractivity contribution >= 4 is 29.5 Å². The van der Waals surface area contributed by atoms with E-state index in [0.29, 0.717) is 29.4 Å². The van der Waals surface area contributed by atoms with Gasteiger partial charge in [-0.1, -0.05) is 42.5 Å². The summed E-state index contributed by atoms with van der Waals surface area (Å²) in [6, 6.07) is 25.0. The molecule has 9 heteroatoms. The predicted molar refractivity (Wildman–Crippen MR) is 151 cm³/mol. The number of ether oxygens (including phenoxy) is 2. The van der Waals surface area contributed by atoms with Crippen LogP contribution >= 0.6 is 12.1 Å². The lowest BCUT2D eigenvalue weighted by Crippen LogP contribution is -2.32. The molecule has 0 radical (unpaired) electrons. The van der Waals surface area contributed by atoms with Crippen LogP contribution in [-0.4, -0.2) is 53.1 Å². The molecule has 0 saturated carbocycles. The Morgan fingerprint density at radius 2 is 1.79 bits per heavy atom. The number of carbonyl (C=O) groups is 1. The quantitative estimate of drug-likeness (QED) is 0.268. The first kappa shape index (κ1) is 25.7.